The van der Waals surface area contributed by atoms with E-state index in [1.165, 1.54) is 5.75 Å². The summed E-state index contributed by atoms with van der Waals surface area (Å²) in [5, 5.41) is 3.63. The molecule has 1 atom stereocenters. The van der Waals surface area contributed by atoms with Gasteiger partial charge in [-0.05, 0) is 30.2 Å². The normalized spacial score (nSPS) is 22.3. The van der Waals surface area contributed by atoms with Crippen LogP contribution >= 0.6 is 23.5 Å². The molecule has 1 saturated heterocycles. The van der Waals surface area contributed by atoms with Crippen molar-refractivity contribution in [2.45, 2.75) is 16.6 Å². The second-order valence-electron chi connectivity index (χ2n) is 4.92. The van der Waals surface area contributed by atoms with E-state index in [9.17, 15) is 8.42 Å². The SMILES string of the molecule is O=S(=O)(NCC1CSCCS1)c1ccc2c(c1)CCN2. The maximum absolute atomic E-state index is 12.3. The number of fused-ring (bicyclic) bond motifs is 1. The molecular formula is C13H18N2O2S3. The molecule has 1 aromatic carbocycles. The highest BCUT2D eigenvalue weighted by Crippen LogP contribution is 2.26. The van der Waals surface area contributed by atoms with E-state index in [1.807, 2.05) is 29.6 Å². The molecule has 0 amide bonds. The Hall–Kier alpha value is -0.370. The summed E-state index contributed by atoms with van der Waals surface area (Å²) in [6, 6.07) is 5.34. The van der Waals surface area contributed by atoms with Crippen LogP contribution in [0.4, 0.5) is 5.69 Å². The zero-order valence-corrected chi connectivity index (χ0v) is 13.5. The van der Waals surface area contributed by atoms with Gasteiger partial charge in [0.05, 0.1) is 4.90 Å². The van der Waals surface area contributed by atoms with Crippen molar-refractivity contribution in [1.29, 1.82) is 0 Å². The highest BCUT2D eigenvalue weighted by molar-refractivity contribution is 8.06. The fourth-order valence-electron chi connectivity index (χ4n) is 2.39. The van der Waals surface area contributed by atoms with Crippen molar-refractivity contribution in [1.82, 2.24) is 4.72 Å². The van der Waals surface area contributed by atoms with Crippen LogP contribution in [0.1, 0.15) is 5.56 Å². The van der Waals surface area contributed by atoms with Crippen LogP contribution in [0, 0.1) is 0 Å². The third-order valence-electron chi connectivity index (χ3n) is 3.48. The van der Waals surface area contributed by atoms with E-state index in [4.69, 9.17) is 0 Å². The Labute approximate surface area is 128 Å². The van der Waals surface area contributed by atoms with Crippen molar-refractivity contribution in [3.05, 3.63) is 23.8 Å². The van der Waals surface area contributed by atoms with E-state index in [0.29, 0.717) is 16.7 Å². The number of nitrogens with one attached hydrogen (secondary N) is 2. The van der Waals surface area contributed by atoms with Gasteiger partial charge in [0.1, 0.15) is 0 Å². The summed E-state index contributed by atoms with van der Waals surface area (Å²) in [5.41, 5.74) is 2.15. The molecule has 2 aliphatic heterocycles. The van der Waals surface area contributed by atoms with Crippen molar-refractivity contribution in [2.24, 2.45) is 0 Å². The first-order valence-electron chi connectivity index (χ1n) is 6.71. The van der Waals surface area contributed by atoms with E-state index in [2.05, 4.69) is 10.0 Å². The van der Waals surface area contributed by atoms with Crippen LogP contribution in [-0.2, 0) is 16.4 Å². The van der Waals surface area contributed by atoms with Crippen molar-refractivity contribution < 1.29 is 8.42 Å². The maximum Gasteiger partial charge on any atom is 0.240 e. The van der Waals surface area contributed by atoms with Crippen LogP contribution in [0.5, 0.6) is 0 Å². The molecule has 2 aliphatic rings. The minimum Gasteiger partial charge on any atom is -0.384 e. The van der Waals surface area contributed by atoms with Gasteiger partial charge in [0.2, 0.25) is 10.0 Å². The Kier molecular flexibility index (Phi) is 4.49. The molecule has 110 valence electrons. The topological polar surface area (TPSA) is 58.2 Å². The van der Waals surface area contributed by atoms with E-state index >= 15 is 0 Å². The molecule has 1 unspecified atom stereocenters. The summed E-state index contributed by atoms with van der Waals surface area (Å²) in [7, 11) is -3.38. The lowest BCUT2D eigenvalue weighted by molar-refractivity contribution is 0.581. The zero-order chi connectivity index (χ0) is 14.0. The molecule has 2 N–H and O–H groups in total. The third-order valence-corrected chi connectivity index (χ3v) is 7.75. The molecule has 0 bridgehead atoms. The smallest absolute Gasteiger partial charge is 0.240 e. The Morgan fingerprint density at radius 2 is 2.25 bits per heavy atom. The molecular weight excluding hydrogens is 312 g/mol. The Balaban J connectivity index is 1.68. The number of hydrogen-bond acceptors (Lipinski definition) is 5. The summed E-state index contributed by atoms with van der Waals surface area (Å²) in [6.45, 7) is 1.41. The van der Waals surface area contributed by atoms with Gasteiger partial charge in [-0.2, -0.15) is 23.5 Å². The maximum atomic E-state index is 12.3. The van der Waals surface area contributed by atoms with Crippen molar-refractivity contribution in [3.8, 4) is 0 Å². The van der Waals surface area contributed by atoms with Gasteiger partial charge in [-0.1, -0.05) is 0 Å². The molecule has 1 fully saturated rings. The minimum absolute atomic E-state index is 0.383. The number of anilines is 1. The minimum atomic E-state index is -3.38. The van der Waals surface area contributed by atoms with Crippen molar-refractivity contribution in [3.63, 3.8) is 0 Å². The first kappa shape index (κ1) is 14.6. The second kappa shape index (κ2) is 6.17. The van der Waals surface area contributed by atoms with Crippen molar-refractivity contribution >= 4 is 39.2 Å². The fourth-order valence-corrected chi connectivity index (χ4v) is 6.24. The molecule has 4 nitrogen and oxygen atoms in total. The first-order valence-corrected chi connectivity index (χ1v) is 10.4. The van der Waals surface area contributed by atoms with Gasteiger partial charge in [0.15, 0.2) is 0 Å². The highest BCUT2D eigenvalue weighted by atomic mass is 32.2. The number of rotatable bonds is 4. The highest BCUT2D eigenvalue weighted by Gasteiger charge is 2.21. The molecule has 7 heteroatoms. The van der Waals surface area contributed by atoms with E-state index < -0.39 is 10.0 Å². The zero-order valence-electron chi connectivity index (χ0n) is 11.1. The molecule has 20 heavy (non-hydrogen) atoms. The molecule has 0 radical (unpaired) electrons. The van der Waals surface area contributed by atoms with E-state index in [0.717, 1.165) is 35.7 Å². The monoisotopic (exact) mass is 330 g/mol. The van der Waals surface area contributed by atoms with Crippen LogP contribution in [0.3, 0.4) is 0 Å². The largest absolute Gasteiger partial charge is 0.384 e. The molecule has 0 aliphatic carbocycles. The predicted octanol–water partition coefficient (Wildman–Crippen LogP) is 1.78. The Morgan fingerprint density at radius 1 is 1.35 bits per heavy atom. The van der Waals surface area contributed by atoms with Crippen LogP contribution in [0.2, 0.25) is 0 Å². The lowest BCUT2D eigenvalue weighted by Crippen LogP contribution is -2.33. The molecule has 0 spiro atoms. The first-order chi connectivity index (χ1) is 9.65. The molecule has 3 rings (SSSR count). The van der Waals surface area contributed by atoms with Gasteiger partial charge >= 0.3 is 0 Å². The van der Waals surface area contributed by atoms with Gasteiger partial charge in [0.25, 0.3) is 0 Å². The van der Waals surface area contributed by atoms with E-state index in [1.54, 1.807) is 12.1 Å². The van der Waals surface area contributed by atoms with Gasteiger partial charge in [-0.25, -0.2) is 13.1 Å². The quantitative estimate of drug-likeness (QED) is 0.881. The van der Waals surface area contributed by atoms with Crippen molar-refractivity contribution in [2.75, 3.05) is 35.7 Å². The standard InChI is InChI=1S/C13H18N2O2S3/c16-20(17,15-8-11-9-18-5-6-19-11)12-1-2-13-10(7-12)3-4-14-13/h1-2,7,11,14-15H,3-6,8-9H2. The lowest BCUT2D eigenvalue weighted by atomic mass is 10.2. The molecule has 1 aromatic rings. The molecule has 0 aromatic heterocycles. The van der Waals surface area contributed by atoms with Gasteiger partial charge in [0, 0.05) is 41.3 Å². The number of hydrogen-bond donors (Lipinski definition) is 2. The fraction of sp³-hybridized carbons (Fsp3) is 0.538. The van der Waals surface area contributed by atoms with Gasteiger partial charge < -0.3 is 5.32 Å². The van der Waals surface area contributed by atoms with Crippen LogP contribution in [0.15, 0.2) is 23.1 Å². The predicted molar refractivity (Wildman–Crippen MR) is 87.4 cm³/mol. The van der Waals surface area contributed by atoms with Crippen LogP contribution in [-0.4, -0.2) is 44.0 Å². The summed E-state index contributed by atoms with van der Waals surface area (Å²) >= 11 is 3.76. The summed E-state index contributed by atoms with van der Waals surface area (Å²) < 4.78 is 27.4. The van der Waals surface area contributed by atoms with E-state index in [-0.39, 0.29) is 0 Å². The number of thioether (sulfide) groups is 2. The second-order valence-corrected chi connectivity index (χ2v) is 9.24. The molecule has 2 heterocycles. The Bertz CT molecular complexity index is 583. The number of benzene rings is 1. The molecule has 0 saturated carbocycles. The number of sulfonamides is 1. The summed E-state index contributed by atoms with van der Waals surface area (Å²) in [6.07, 6.45) is 0.897. The van der Waals surface area contributed by atoms with Gasteiger partial charge in [-0.3, -0.25) is 0 Å². The average Bonchev–Trinajstić information content (AvgIpc) is 2.94. The summed E-state index contributed by atoms with van der Waals surface area (Å²) in [5.74, 6) is 3.31. The van der Waals surface area contributed by atoms with Gasteiger partial charge in [-0.15, -0.1) is 0 Å². The van der Waals surface area contributed by atoms with Crippen LogP contribution in [0.25, 0.3) is 0 Å². The lowest BCUT2D eigenvalue weighted by Gasteiger charge is -2.21. The summed E-state index contributed by atoms with van der Waals surface area (Å²) in [4.78, 5) is 0.383. The average molecular weight is 331 g/mol. The Morgan fingerprint density at radius 3 is 3.05 bits per heavy atom. The third kappa shape index (κ3) is 3.27. The van der Waals surface area contributed by atoms with Crippen LogP contribution < -0.4 is 10.0 Å².